The molecule has 0 heterocycles. The van der Waals surface area contributed by atoms with Gasteiger partial charge in [-0.25, -0.2) is 4.39 Å². The average Bonchev–Trinajstić information content (AvgIpc) is 2.37. The molecule has 2 atom stereocenters. The second kappa shape index (κ2) is 6.41. The summed E-state index contributed by atoms with van der Waals surface area (Å²) in [5, 5.41) is 8.95. The van der Waals surface area contributed by atoms with Crippen LogP contribution in [0.1, 0.15) is 31.1 Å². The van der Waals surface area contributed by atoms with Gasteiger partial charge in [-0.1, -0.05) is 6.92 Å². The van der Waals surface area contributed by atoms with Crippen LogP contribution in [-0.4, -0.2) is 25.3 Å². The molecule has 0 saturated heterocycles. The summed E-state index contributed by atoms with van der Waals surface area (Å²) in [4.78, 5) is 10.9. The van der Waals surface area contributed by atoms with Crippen molar-refractivity contribution in [1.29, 1.82) is 0 Å². The lowest BCUT2D eigenvalue weighted by Crippen LogP contribution is -2.13. The van der Waals surface area contributed by atoms with Gasteiger partial charge in [0.15, 0.2) is 0 Å². The van der Waals surface area contributed by atoms with Crippen molar-refractivity contribution in [2.24, 2.45) is 5.92 Å². The summed E-state index contributed by atoms with van der Waals surface area (Å²) in [5.41, 5.74) is 1.06. The third kappa shape index (κ3) is 3.59. The fourth-order valence-electron chi connectivity index (χ4n) is 1.88. The van der Waals surface area contributed by atoms with Crippen LogP contribution in [0.15, 0.2) is 12.1 Å². The van der Waals surface area contributed by atoms with Crippen LogP contribution in [0.3, 0.4) is 0 Å². The Morgan fingerprint density at radius 3 is 2.26 bits per heavy atom. The lowest BCUT2D eigenvalue weighted by Gasteiger charge is -2.16. The number of aliphatic carboxylic acids is 1. The maximum Gasteiger partial charge on any atom is 0.306 e. The van der Waals surface area contributed by atoms with Gasteiger partial charge in [0, 0.05) is 11.6 Å². The Labute approximate surface area is 112 Å². The maximum atomic E-state index is 13.6. The number of hydrogen-bond donors (Lipinski definition) is 1. The van der Waals surface area contributed by atoms with Crippen molar-refractivity contribution in [2.75, 3.05) is 14.2 Å². The van der Waals surface area contributed by atoms with E-state index in [0.29, 0.717) is 22.6 Å². The van der Waals surface area contributed by atoms with Gasteiger partial charge in [-0.3, -0.25) is 4.79 Å². The third-order valence-electron chi connectivity index (χ3n) is 3.01. The average molecular weight is 270 g/mol. The lowest BCUT2D eigenvalue weighted by atomic mass is 9.97. The molecule has 0 aliphatic rings. The van der Waals surface area contributed by atoms with Crippen molar-refractivity contribution in [1.82, 2.24) is 0 Å². The minimum absolute atomic E-state index is 0.280. The first-order valence-corrected chi connectivity index (χ1v) is 6.02. The molecular weight excluding hydrogens is 251 g/mol. The van der Waals surface area contributed by atoms with Gasteiger partial charge in [0.1, 0.15) is 17.7 Å². The smallest absolute Gasteiger partial charge is 0.306 e. The number of carbonyl (C=O) groups is 1. The Morgan fingerprint density at radius 1 is 1.26 bits per heavy atom. The standard InChI is InChI=1S/C14H19FO4/c1-8(14(16)17)5-10-6-11(9(2)15)13(19-4)7-12(10)18-3/h6-9H,5H2,1-4H3,(H,16,17). The normalized spacial score (nSPS) is 13.7. The first-order chi connectivity index (χ1) is 8.90. The molecule has 0 saturated carbocycles. The molecule has 1 N–H and O–H groups in total. The highest BCUT2D eigenvalue weighted by Crippen LogP contribution is 2.35. The number of methoxy groups -OCH3 is 2. The minimum Gasteiger partial charge on any atom is -0.496 e. The van der Waals surface area contributed by atoms with Crippen LogP contribution in [0.4, 0.5) is 4.39 Å². The van der Waals surface area contributed by atoms with Crippen LogP contribution in [0.2, 0.25) is 0 Å². The second-order valence-electron chi connectivity index (χ2n) is 4.47. The van der Waals surface area contributed by atoms with E-state index in [4.69, 9.17) is 14.6 Å². The second-order valence-corrected chi connectivity index (χ2v) is 4.47. The largest absolute Gasteiger partial charge is 0.496 e. The van der Waals surface area contributed by atoms with E-state index < -0.39 is 18.1 Å². The van der Waals surface area contributed by atoms with Crippen LogP contribution < -0.4 is 9.47 Å². The molecule has 1 aromatic carbocycles. The topological polar surface area (TPSA) is 55.8 Å². The number of alkyl halides is 1. The summed E-state index contributed by atoms with van der Waals surface area (Å²) in [6.07, 6.45) is -0.915. The van der Waals surface area contributed by atoms with E-state index in [9.17, 15) is 9.18 Å². The number of halogens is 1. The molecule has 2 unspecified atom stereocenters. The van der Waals surface area contributed by atoms with Crippen LogP contribution >= 0.6 is 0 Å². The number of carboxylic acids is 1. The van der Waals surface area contributed by atoms with E-state index in [2.05, 4.69) is 0 Å². The molecular formula is C14H19FO4. The monoisotopic (exact) mass is 270 g/mol. The maximum absolute atomic E-state index is 13.6. The van der Waals surface area contributed by atoms with E-state index >= 15 is 0 Å². The predicted octanol–water partition coefficient (Wildman–Crippen LogP) is 3.00. The molecule has 0 bridgehead atoms. The van der Waals surface area contributed by atoms with Gasteiger partial charge >= 0.3 is 5.97 Å². The van der Waals surface area contributed by atoms with Gasteiger partial charge in [0.05, 0.1) is 20.1 Å². The van der Waals surface area contributed by atoms with Gasteiger partial charge in [0.2, 0.25) is 0 Å². The SMILES string of the molecule is COc1cc(OC)c(C(C)F)cc1CC(C)C(=O)O. The van der Waals surface area contributed by atoms with Crippen molar-refractivity contribution < 1.29 is 23.8 Å². The first-order valence-electron chi connectivity index (χ1n) is 6.02. The first kappa shape index (κ1) is 15.3. The molecule has 5 heteroatoms. The zero-order valence-corrected chi connectivity index (χ0v) is 11.6. The fraction of sp³-hybridized carbons (Fsp3) is 0.500. The fourth-order valence-corrected chi connectivity index (χ4v) is 1.88. The molecule has 1 rings (SSSR count). The molecule has 19 heavy (non-hydrogen) atoms. The molecule has 0 amide bonds. The zero-order valence-electron chi connectivity index (χ0n) is 11.6. The van der Waals surface area contributed by atoms with Crippen molar-refractivity contribution in [3.8, 4) is 11.5 Å². The van der Waals surface area contributed by atoms with Gasteiger partial charge in [-0.2, -0.15) is 0 Å². The van der Waals surface area contributed by atoms with Crippen LogP contribution in [0, 0.1) is 5.92 Å². The number of hydrogen-bond acceptors (Lipinski definition) is 3. The molecule has 0 radical (unpaired) electrons. The highest BCUT2D eigenvalue weighted by atomic mass is 19.1. The summed E-state index contributed by atoms with van der Waals surface area (Å²) in [7, 11) is 2.95. The zero-order chi connectivity index (χ0) is 14.6. The summed E-state index contributed by atoms with van der Waals surface area (Å²) in [6.45, 7) is 3.01. The Bertz CT molecular complexity index is 457. The summed E-state index contributed by atoms with van der Waals surface area (Å²) >= 11 is 0. The summed E-state index contributed by atoms with van der Waals surface area (Å²) in [6, 6.07) is 3.21. The van der Waals surface area contributed by atoms with E-state index in [-0.39, 0.29) is 6.42 Å². The quantitative estimate of drug-likeness (QED) is 0.863. The number of benzene rings is 1. The molecule has 106 valence electrons. The summed E-state index contributed by atoms with van der Waals surface area (Å²) in [5.74, 6) is -0.550. The number of ether oxygens (including phenoxy) is 2. The Kier molecular flexibility index (Phi) is 5.15. The molecule has 0 fully saturated rings. The number of rotatable bonds is 6. The molecule has 4 nitrogen and oxygen atoms in total. The van der Waals surface area contributed by atoms with Gasteiger partial charge < -0.3 is 14.6 Å². The molecule has 0 aliphatic carbocycles. The lowest BCUT2D eigenvalue weighted by molar-refractivity contribution is -0.141. The van der Waals surface area contributed by atoms with Gasteiger partial charge in [0.25, 0.3) is 0 Å². The minimum atomic E-state index is -1.19. The van der Waals surface area contributed by atoms with E-state index in [1.807, 2.05) is 0 Å². The van der Waals surface area contributed by atoms with Crippen molar-refractivity contribution in [2.45, 2.75) is 26.4 Å². The van der Waals surface area contributed by atoms with Crippen LogP contribution in [-0.2, 0) is 11.2 Å². The highest BCUT2D eigenvalue weighted by molar-refractivity contribution is 5.70. The van der Waals surface area contributed by atoms with Crippen molar-refractivity contribution in [3.05, 3.63) is 23.3 Å². The van der Waals surface area contributed by atoms with Gasteiger partial charge in [-0.15, -0.1) is 0 Å². The van der Waals surface area contributed by atoms with Crippen LogP contribution in [0.25, 0.3) is 0 Å². The van der Waals surface area contributed by atoms with Crippen LogP contribution in [0.5, 0.6) is 11.5 Å². The molecule has 0 aromatic heterocycles. The molecule has 0 spiro atoms. The number of carboxylic acid groups (broad SMARTS) is 1. The van der Waals surface area contributed by atoms with Crippen molar-refractivity contribution in [3.63, 3.8) is 0 Å². The van der Waals surface area contributed by atoms with E-state index in [0.717, 1.165) is 0 Å². The Morgan fingerprint density at radius 2 is 1.84 bits per heavy atom. The predicted molar refractivity (Wildman–Crippen MR) is 69.6 cm³/mol. The van der Waals surface area contributed by atoms with E-state index in [1.54, 1.807) is 19.1 Å². The molecule has 0 aliphatic heterocycles. The highest BCUT2D eigenvalue weighted by Gasteiger charge is 2.19. The van der Waals surface area contributed by atoms with E-state index in [1.165, 1.54) is 21.1 Å². The van der Waals surface area contributed by atoms with Gasteiger partial charge in [-0.05, 0) is 25.0 Å². The Hall–Kier alpha value is -1.78. The third-order valence-corrected chi connectivity index (χ3v) is 3.01. The summed E-state index contributed by atoms with van der Waals surface area (Å²) < 4.78 is 23.9. The molecule has 1 aromatic rings. The van der Waals surface area contributed by atoms with Crippen molar-refractivity contribution >= 4 is 5.97 Å². The Balaban J connectivity index is 3.21.